The molecular weight excluding hydrogens is 462 g/mol. The average molecular weight is 487 g/mol. The number of nitrogens with zero attached hydrogens (tertiary/aromatic N) is 3. The van der Waals surface area contributed by atoms with Gasteiger partial charge in [-0.25, -0.2) is 27.5 Å². The van der Waals surface area contributed by atoms with Crippen LogP contribution in [-0.2, 0) is 17.6 Å². The fourth-order valence-electron chi connectivity index (χ4n) is 4.48. The Morgan fingerprint density at radius 1 is 1.03 bits per heavy atom. The van der Waals surface area contributed by atoms with Crippen molar-refractivity contribution in [2.45, 2.75) is 45.4 Å². The van der Waals surface area contributed by atoms with Crippen LogP contribution in [0.5, 0.6) is 5.75 Å². The summed E-state index contributed by atoms with van der Waals surface area (Å²) in [4.78, 5) is 23.4. The highest BCUT2D eigenvalue weighted by atomic mass is 19.2. The number of aromatic hydroxyl groups is 1. The van der Waals surface area contributed by atoms with Crippen LogP contribution in [0, 0.1) is 36.1 Å². The highest BCUT2D eigenvalue weighted by molar-refractivity contribution is 5.94. The Labute approximate surface area is 200 Å². The predicted octanol–water partition coefficient (Wildman–Crippen LogP) is 5.65. The lowest BCUT2D eigenvalue weighted by atomic mass is 10.0. The zero-order chi connectivity index (χ0) is 25.3. The number of hydrogen-bond acceptors (Lipinski definition) is 4. The Hall–Kier alpha value is -3.49. The first kappa shape index (κ1) is 24.6. The summed E-state index contributed by atoms with van der Waals surface area (Å²) in [6.45, 7) is 1.10. The first-order valence-electron chi connectivity index (χ1n) is 11.4. The maximum absolute atomic E-state index is 14.4. The maximum Gasteiger partial charge on any atom is 0.232 e. The smallest absolute Gasteiger partial charge is 0.232 e. The highest BCUT2D eigenvalue weighted by Gasteiger charge is 2.27. The molecule has 1 N–H and O–H groups in total. The lowest BCUT2D eigenvalue weighted by molar-refractivity contribution is -0.117. The zero-order valence-corrected chi connectivity index (χ0v) is 19.4. The fourth-order valence-corrected chi connectivity index (χ4v) is 4.48. The second kappa shape index (κ2) is 10.0. The predicted molar refractivity (Wildman–Crippen MR) is 123 cm³/mol. The van der Waals surface area contributed by atoms with Crippen LogP contribution in [0.1, 0.15) is 42.5 Å². The number of halogens is 4. The van der Waals surface area contributed by atoms with Crippen molar-refractivity contribution in [1.82, 2.24) is 9.97 Å². The molecule has 1 fully saturated rings. The monoisotopic (exact) mass is 487 g/mol. The van der Waals surface area contributed by atoms with Crippen LogP contribution in [0.3, 0.4) is 0 Å². The van der Waals surface area contributed by atoms with E-state index in [0.29, 0.717) is 23.7 Å². The lowest BCUT2D eigenvalue weighted by Gasteiger charge is -2.22. The molecular formula is C26H25F4N3O2. The van der Waals surface area contributed by atoms with Crippen LogP contribution in [0.25, 0.3) is 11.3 Å². The largest absolute Gasteiger partial charge is 0.508 e. The summed E-state index contributed by atoms with van der Waals surface area (Å²) in [6.07, 6.45) is 5.68. The van der Waals surface area contributed by atoms with Crippen molar-refractivity contribution in [3.8, 4) is 17.0 Å². The third-order valence-electron chi connectivity index (χ3n) is 6.59. The van der Waals surface area contributed by atoms with Crippen molar-refractivity contribution in [3.63, 3.8) is 0 Å². The number of likely N-dealkylation sites (N-methyl/N-ethyl adjacent to an activating group) is 1. The van der Waals surface area contributed by atoms with Gasteiger partial charge in [0, 0.05) is 18.2 Å². The van der Waals surface area contributed by atoms with Crippen LogP contribution in [0.15, 0.2) is 30.5 Å². The number of aromatic nitrogens is 2. The van der Waals surface area contributed by atoms with Crippen LogP contribution in [-0.4, -0.2) is 28.0 Å². The molecule has 184 valence electrons. The van der Waals surface area contributed by atoms with Gasteiger partial charge in [-0.15, -0.1) is 0 Å². The molecule has 0 bridgehead atoms. The molecule has 3 aromatic rings. The molecule has 9 heteroatoms. The molecule has 1 aliphatic rings. The minimum Gasteiger partial charge on any atom is -0.508 e. The van der Waals surface area contributed by atoms with E-state index in [0.717, 1.165) is 38.2 Å². The number of phenols is 1. The fraction of sp³-hybridized carbons (Fsp3) is 0.346. The Bertz CT molecular complexity index is 1230. The summed E-state index contributed by atoms with van der Waals surface area (Å²) < 4.78 is 55.6. The summed E-state index contributed by atoms with van der Waals surface area (Å²) in [5, 5.41) is 9.56. The SMILES string of the molecule is Cc1c(F)c(F)c(F)c(F)c1CC(=O)N(C)c1ncc(-c2ccc(O)cc2)nc1CC1CCCC1. The summed E-state index contributed by atoms with van der Waals surface area (Å²) in [5.74, 6) is -6.86. The van der Waals surface area contributed by atoms with Crippen LogP contribution < -0.4 is 4.90 Å². The molecule has 1 aliphatic carbocycles. The molecule has 0 atom stereocenters. The molecule has 4 rings (SSSR count). The lowest BCUT2D eigenvalue weighted by Crippen LogP contribution is -2.31. The highest BCUT2D eigenvalue weighted by Crippen LogP contribution is 2.32. The van der Waals surface area contributed by atoms with Gasteiger partial charge in [0.15, 0.2) is 29.1 Å². The topological polar surface area (TPSA) is 66.3 Å². The molecule has 1 aromatic heterocycles. The number of anilines is 1. The van der Waals surface area contributed by atoms with Crippen molar-refractivity contribution in [1.29, 1.82) is 0 Å². The Morgan fingerprint density at radius 3 is 2.31 bits per heavy atom. The van der Waals surface area contributed by atoms with Crippen LogP contribution >= 0.6 is 0 Å². The minimum atomic E-state index is -1.95. The van der Waals surface area contributed by atoms with E-state index in [1.807, 2.05) is 0 Å². The third-order valence-corrected chi connectivity index (χ3v) is 6.59. The molecule has 0 spiro atoms. The number of rotatable bonds is 6. The van der Waals surface area contributed by atoms with E-state index in [1.165, 1.54) is 30.3 Å². The molecule has 0 saturated heterocycles. The summed E-state index contributed by atoms with van der Waals surface area (Å²) in [5.41, 5.74) is 0.880. The van der Waals surface area contributed by atoms with Crippen molar-refractivity contribution in [2.24, 2.45) is 5.92 Å². The van der Waals surface area contributed by atoms with Gasteiger partial charge >= 0.3 is 0 Å². The van der Waals surface area contributed by atoms with E-state index in [1.54, 1.807) is 12.1 Å². The van der Waals surface area contributed by atoms with Gasteiger partial charge in [0.25, 0.3) is 0 Å². The minimum absolute atomic E-state index is 0.117. The normalized spacial score (nSPS) is 13.9. The van der Waals surface area contributed by atoms with E-state index >= 15 is 0 Å². The molecule has 5 nitrogen and oxygen atoms in total. The Kier molecular flexibility index (Phi) is 7.05. The number of benzene rings is 2. The van der Waals surface area contributed by atoms with Gasteiger partial charge in [-0.1, -0.05) is 25.7 Å². The molecule has 1 saturated carbocycles. The second-order valence-electron chi connectivity index (χ2n) is 8.92. The van der Waals surface area contributed by atoms with E-state index in [4.69, 9.17) is 4.98 Å². The van der Waals surface area contributed by atoms with Gasteiger partial charge in [-0.05, 0) is 49.1 Å². The van der Waals surface area contributed by atoms with Gasteiger partial charge in [0.2, 0.25) is 5.91 Å². The van der Waals surface area contributed by atoms with Crippen molar-refractivity contribution < 1.29 is 27.5 Å². The number of carbonyl (C=O) groups is 1. The molecule has 0 unspecified atom stereocenters. The van der Waals surface area contributed by atoms with Gasteiger partial charge in [-0.2, -0.15) is 0 Å². The second-order valence-corrected chi connectivity index (χ2v) is 8.92. The van der Waals surface area contributed by atoms with E-state index in [9.17, 15) is 27.5 Å². The molecule has 35 heavy (non-hydrogen) atoms. The van der Waals surface area contributed by atoms with E-state index in [2.05, 4.69) is 4.98 Å². The number of hydrogen-bond donors (Lipinski definition) is 1. The number of carbonyl (C=O) groups excluding carboxylic acids is 1. The Balaban J connectivity index is 1.67. The Morgan fingerprint density at radius 2 is 1.66 bits per heavy atom. The van der Waals surface area contributed by atoms with Crippen LogP contribution in [0.4, 0.5) is 23.4 Å². The van der Waals surface area contributed by atoms with E-state index in [-0.39, 0.29) is 11.6 Å². The van der Waals surface area contributed by atoms with Gasteiger partial charge in [0.1, 0.15) is 5.75 Å². The number of phenolic OH excluding ortho intramolecular Hbond substituents is 1. The zero-order valence-electron chi connectivity index (χ0n) is 19.4. The summed E-state index contributed by atoms with van der Waals surface area (Å²) in [6, 6.07) is 6.48. The van der Waals surface area contributed by atoms with Crippen molar-refractivity contribution in [3.05, 3.63) is 70.6 Å². The molecule has 2 aromatic carbocycles. The molecule has 1 heterocycles. The first-order chi connectivity index (χ1) is 16.7. The first-order valence-corrected chi connectivity index (χ1v) is 11.4. The summed E-state index contributed by atoms with van der Waals surface area (Å²) >= 11 is 0. The third kappa shape index (κ3) is 4.99. The van der Waals surface area contributed by atoms with Crippen LogP contribution in [0.2, 0.25) is 0 Å². The van der Waals surface area contributed by atoms with E-state index < -0.39 is 46.7 Å². The quantitative estimate of drug-likeness (QED) is 0.277. The molecule has 0 aliphatic heterocycles. The van der Waals surface area contributed by atoms with Gasteiger partial charge in [0.05, 0.1) is 24.0 Å². The average Bonchev–Trinajstić information content (AvgIpc) is 3.37. The van der Waals surface area contributed by atoms with Gasteiger partial charge < -0.3 is 5.11 Å². The number of amides is 1. The molecule has 0 radical (unpaired) electrons. The maximum atomic E-state index is 14.4. The summed E-state index contributed by atoms with van der Waals surface area (Å²) in [7, 11) is 1.44. The van der Waals surface area contributed by atoms with Crippen molar-refractivity contribution in [2.75, 3.05) is 11.9 Å². The molecule has 1 amide bonds. The standard InChI is InChI=1S/C26H25F4N3O2/c1-14-18(23(28)25(30)24(29)22(14)27)12-21(35)33(2)26-19(11-15-5-3-4-6-15)32-20(13-31-26)16-7-9-17(34)10-8-16/h7-10,13,15,34H,3-6,11-12H2,1-2H3. The van der Waals surface area contributed by atoms with Crippen molar-refractivity contribution >= 4 is 11.7 Å². The van der Waals surface area contributed by atoms with Gasteiger partial charge in [-0.3, -0.25) is 9.69 Å².